The lowest BCUT2D eigenvalue weighted by Gasteiger charge is -2.25. The Hall–Kier alpha value is -2.46. The molecule has 0 fully saturated rings. The number of benzene rings is 2. The van der Waals surface area contributed by atoms with Gasteiger partial charge in [0.1, 0.15) is 0 Å². The number of hydrogen-bond acceptors (Lipinski definition) is 3. The Kier molecular flexibility index (Phi) is 8.84. The first-order chi connectivity index (χ1) is 15.2. The summed E-state index contributed by atoms with van der Waals surface area (Å²) >= 11 is 0. The van der Waals surface area contributed by atoms with Gasteiger partial charge in [-0.2, -0.15) is 0 Å². The Morgan fingerprint density at radius 1 is 0.935 bits per heavy atom. The van der Waals surface area contributed by atoms with Gasteiger partial charge in [0.05, 0.1) is 5.69 Å². The molecule has 31 heavy (non-hydrogen) atoms. The van der Waals surface area contributed by atoms with Crippen LogP contribution < -0.4 is 10.2 Å². The number of carbonyl (C=O) groups is 2. The van der Waals surface area contributed by atoms with Gasteiger partial charge < -0.3 is 10.2 Å². The average molecular weight is 421 g/mol. The molecule has 0 bridgehead atoms. The van der Waals surface area contributed by atoms with Crippen LogP contribution in [0.3, 0.4) is 0 Å². The van der Waals surface area contributed by atoms with Gasteiger partial charge in [0, 0.05) is 24.9 Å². The zero-order valence-corrected chi connectivity index (χ0v) is 19.1. The molecule has 2 aromatic carbocycles. The lowest BCUT2D eigenvalue weighted by Crippen LogP contribution is -2.32. The SMILES string of the molecule is CC.O=C(CCCCCNCCc1ccccc1)c1cc2c3c(c1)CCN3C(=O)CC2. The molecule has 0 aliphatic carbocycles. The molecule has 1 amide bonds. The second-order valence-corrected chi connectivity index (χ2v) is 8.16. The molecule has 0 saturated heterocycles. The molecule has 2 aliphatic heterocycles. The van der Waals surface area contributed by atoms with Crippen molar-refractivity contribution in [1.29, 1.82) is 0 Å². The number of nitrogens with zero attached hydrogens (tertiary/aromatic N) is 1. The Balaban J connectivity index is 0.00000132. The maximum atomic E-state index is 12.7. The summed E-state index contributed by atoms with van der Waals surface area (Å²) in [6, 6.07) is 14.6. The zero-order valence-electron chi connectivity index (χ0n) is 19.1. The number of anilines is 1. The van der Waals surface area contributed by atoms with Crippen molar-refractivity contribution in [2.24, 2.45) is 0 Å². The summed E-state index contributed by atoms with van der Waals surface area (Å²) in [5.41, 5.74) is 5.67. The molecule has 4 heteroatoms. The molecule has 0 radical (unpaired) electrons. The standard InChI is InChI=1S/C25H30N2O2.C2H6/c28-23(9-5-2-6-14-26-15-12-19-7-3-1-4-8-19)22-17-20-10-11-24(29)27-16-13-21(18-22)25(20)27;1-2/h1,3-4,7-8,17-18,26H,2,5-6,9-16H2;1-2H3. The van der Waals surface area contributed by atoms with E-state index in [0.29, 0.717) is 12.8 Å². The van der Waals surface area contributed by atoms with Crippen molar-refractivity contribution < 1.29 is 9.59 Å². The quantitative estimate of drug-likeness (QED) is 0.428. The Morgan fingerprint density at radius 2 is 1.68 bits per heavy atom. The summed E-state index contributed by atoms with van der Waals surface area (Å²) < 4.78 is 0. The van der Waals surface area contributed by atoms with Crippen LogP contribution in [0.25, 0.3) is 0 Å². The third-order valence-corrected chi connectivity index (χ3v) is 6.06. The second-order valence-electron chi connectivity index (χ2n) is 8.16. The minimum atomic E-state index is 0.229. The van der Waals surface area contributed by atoms with Gasteiger partial charge in [0.25, 0.3) is 0 Å². The first-order valence-corrected chi connectivity index (χ1v) is 12.0. The fraction of sp³-hybridized carbons (Fsp3) is 0.481. The molecule has 166 valence electrons. The van der Waals surface area contributed by atoms with Gasteiger partial charge in [-0.15, -0.1) is 0 Å². The number of nitrogens with one attached hydrogen (secondary N) is 1. The predicted octanol–water partition coefficient (Wildman–Crippen LogP) is 5.12. The first kappa shape index (κ1) is 23.2. The van der Waals surface area contributed by atoms with E-state index in [-0.39, 0.29) is 11.7 Å². The number of rotatable bonds is 10. The molecule has 0 atom stereocenters. The minimum absolute atomic E-state index is 0.229. The predicted molar refractivity (Wildman–Crippen MR) is 128 cm³/mol. The number of hydrogen-bond donors (Lipinski definition) is 1. The maximum absolute atomic E-state index is 12.7. The van der Waals surface area contributed by atoms with Crippen molar-refractivity contribution in [3.05, 3.63) is 64.7 Å². The van der Waals surface area contributed by atoms with Crippen molar-refractivity contribution >= 4 is 17.4 Å². The number of aryl methyl sites for hydroxylation is 1. The van der Waals surface area contributed by atoms with Crippen LogP contribution in [0.15, 0.2) is 42.5 Å². The minimum Gasteiger partial charge on any atom is -0.316 e. The number of Topliss-reactive ketones (excluding diaryl/α,β-unsaturated/α-hetero) is 1. The topological polar surface area (TPSA) is 49.4 Å². The summed E-state index contributed by atoms with van der Waals surface area (Å²) in [5, 5.41) is 3.49. The van der Waals surface area contributed by atoms with Crippen molar-refractivity contribution in [2.45, 2.75) is 65.2 Å². The fourth-order valence-corrected chi connectivity index (χ4v) is 4.48. The first-order valence-electron chi connectivity index (χ1n) is 12.0. The molecule has 0 spiro atoms. The summed E-state index contributed by atoms with van der Waals surface area (Å²) in [6.45, 7) is 6.78. The lowest BCUT2D eigenvalue weighted by atomic mass is 9.94. The highest BCUT2D eigenvalue weighted by Crippen LogP contribution is 2.37. The van der Waals surface area contributed by atoms with Crippen molar-refractivity contribution in [3.8, 4) is 0 Å². The Morgan fingerprint density at radius 3 is 2.45 bits per heavy atom. The van der Waals surface area contributed by atoms with Crippen molar-refractivity contribution in [1.82, 2.24) is 5.32 Å². The summed E-state index contributed by atoms with van der Waals surface area (Å²) in [7, 11) is 0. The molecule has 2 heterocycles. The number of unbranched alkanes of at least 4 members (excludes halogenated alkanes) is 2. The van der Waals surface area contributed by atoms with E-state index in [4.69, 9.17) is 0 Å². The monoisotopic (exact) mass is 420 g/mol. The molecule has 0 aromatic heterocycles. The van der Waals surface area contributed by atoms with Gasteiger partial charge in [-0.1, -0.05) is 50.6 Å². The van der Waals surface area contributed by atoms with E-state index in [2.05, 4.69) is 29.6 Å². The maximum Gasteiger partial charge on any atom is 0.227 e. The second kappa shape index (κ2) is 11.8. The van der Waals surface area contributed by atoms with Gasteiger partial charge in [-0.05, 0) is 74.0 Å². The fourth-order valence-electron chi connectivity index (χ4n) is 4.48. The number of carbonyl (C=O) groups excluding carboxylic acids is 2. The van der Waals surface area contributed by atoms with Gasteiger partial charge >= 0.3 is 0 Å². The van der Waals surface area contributed by atoms with E-state index in [1.807, 2.05) is 36.9 Å². The van der Waals surface area contributed by atoms with Crippen LogP contribution in [-0.2, 0) is 24.1 Å². The Bertz CT molecular complexity index is 876. The zero-order chi connectivity index (χ0) is 22.1. The average Bonchev–Trinajstić information content (AvgIpc) is 3.25. The lowest BCUT2D eigenvalue weighted by molar-refractivity contribution is -0.118. The highest BCUT2D eigenvalue weighted by Gasteiger charge is 2.31. The highest BCUT2D eigenvalue weighted by molar-refractivity contribution is 6.02. The molecule has 4 rings (SSSR count). The van der Waals surface area contributed by atoms with E-state index in [0.717, 1.165) is 69.4 Å². The normalized spacial score (nSPS) is 14.1. The van der Waals surface area contributed by atoms with Crippen molar-refractivity contribution in [2.75, 3.05) is 24.5 Å². The van der Waals surface area contributed by atoms with Crippen LogP contribution >= 0.6 is 0 Å². The molecule has 4 nitrogen and oxygen atoms in total. The molecular weight excluding hydrogens is 384 g/mol. The van der Waals surface area contributed by atoms with Gasteiger partial charge in [-0.3, -0.25) is 9.59 Å². The van der Waals surface area contributed by atoms with Crippen LogP contribution in [0.1, 0.15) is 73.0 Å². The van der Waals surface area contributed by atoms with E-state index in [1.54, 1.807) is 0 Å². The molecule has 2 aliphatic rings. The van der Waals surface area contributed by atoms with E-state index in [1.165, 1.54) is 16.7 Å². The van der Waals surface area contributed by atoms with Crippen LogP contribution in [-0.4, -0.2) is 31.3 Å². The third kappa shape index (κ3) is 6.04. The van der Waals surface area contributed by atoms with Crippen molar-refractivity contribution in [3.63, 3.8) is 0 Å². The summed E-state index contributed by atoms with van der Waals surface area (Å²) in [4.78, 5) is 26.6. The number of ketones is 1. The molecule has 1 N–H and O–H groups in total. The van der Waals surface area contributed by atoms with E-state index in [9.17, 15) is 9.59 Å². The largest absolute Gasteiger partial charge is 0.316 e. The van der Waals surface area contributed by atoms with Crippen LogP contribution in [0.2, 0.25) is 0 Å². The van der Waals surface area contributed by atoms with Gasteiger partial charge in [0.15, 0.2) is 5.78 Å². The smallest absolute Gasteiger partial charge is 0.227 e. The van der Waals surface area contributed by atoms with Gasteiger partial charge in [-0.25, -0.2) is 0 Å². The van der Waals surface area contributed by atoms with Gasteiger partial charge in [0.2, 0.25) is 5.91 Å². The molecular formula is C27H36N2O2. The Labute approximate surface area is 187 Å². The summed E-state index contributed by atoms with van der Waals surface area (Å²) in [5.74, 6) is 0.476. The van der Waals surface area contributed by atoms with Crippen LogP contribution in [0.5, 0.6) is 0 Å². The van der Waals surface area contributed by atoms with Crippen LogP contribution in [0.4, 0.5) is 5.69 Å². The van der Waals surface area contributed by atoms with Crippen LogP contribution in [0, 0.1) is 0 Å². The van der Waals surface area contributed by atoms with E-state index < -0.39 is 0 Å². The number of amides is 1. The molecule has 2 aromatic rings. The van der Waals surface area contributed by atoms with E-state index >= 15 is 0 Å². The third-order valence-electron chi connectivity index (χ3n) is 6.06. The highest BCUT2D eigenvalue weighted by atomic mass is 16.2. The molecule has 0 unspecified atom stereocenters. The molecule has 0 saturated carbocycles. The summed E-state index contributed by atoms with van der Waals surface area (Å²) in [6.07, 6.45) is 7.02.